The van der Waals surface area contributed by atoms with Crippen LogP contribution in [0.5, 0.6) is 0 Å². The van der Waals surface area contributed by atoms with Gasteiger partial charge in [-0.3, -0.25) is 9.36 Å². The molecule has 1 aliphatic rings. The van der Waals surface area contributed by atoms with Crippen LogP contribution in [0.1, 0.15) is 6.23 Å². The van der Waals surface area contributed by atoms with E-state index in [0.717, 1.165) is 15.5 Å². The molecule has 1 fully saturated rings. The summed E-state index contributed by atoms with van der Waals surface area (Å²) in [6.45, 7) is 3.07. The third-order valence-electron chi connectivity index (χ3n) is 3.83. The van der Waals surface area contributed by atoms with Gasteiger partial charge < -0.3 is 25.0 Å². The largest absolute Gasteiger partial charge is 0.394 e. The number of aromatic amines is 1. The average molecular weight is 324 g/mol. The molecule has 3 rings (SSSR count). The van der Waals surface area contributed by atoms with Crippen LogP contribution < -0.4 is 11.2 Å². The molecule has 3 heterocycles. The lowest BCUT2D eigenvalue weighted by Crippen LogP contribution is -2.36. The van der Waals surface area contributed by atoms with Gasteiger partial charge in [0, 0.05) is 6.54 Å². The molecule has 10 nitrogen and oxygen atoms in total. The molecule has 10 heteroatoms. The first-order valence-electron chi connectivity index (χ1n) is 6.93. The maximum Gasteiger partial charge on any atom is 0.333 e. The molecular formula is C13H16N4O6. The summed E-state index contributed by atoms with van der Waals surface area (Å²) in [6.07, 6.45) is -2.56. The van der Waals surface area contributed by atoms with Crippen LogP contribution in [-0.4, -0.2) is 59.3 Å². The van der Waals surface area contributed by atoms with Gasteiger partial charge in [0.15, 0.2) is 17.4 Å². The quantitative estimate of drug-likeness (QED) is 0.462. The van der Waals surface area contributed by atoms with Gasteiger partial charge in [-0.05, 0) is 0 Å². The third kappa shape index (κ3) is 2.23. The Morgan fingerprint density at radius 3 is 2.74 bits per heavy atom. The van der Waals surface area contributed by atoms with E-state index in [1.54, 1.807) is 0 Å². The molecule has 0 bridgehead atoms. The van der Waals surface area contributed by atoms with Crippen molar-refractivity contribution in [2.75, 3.05) is 6.61 Å². The highest BCUT2D eigenvalue weighted by Gasteiger charge is 2.45. The zero-order chi connectivity index (χ0) is 16.7. The molecule has 0 amide bonds. The average Bonchev–Trinajstić information content (AvgIpc) is 2.97. The molecule has 0 radical (unpaired) electrons. The van der Waals surface area contributed by atoms with E-state index in [-0.39, 0.29) is 17.7 Å². The Balaban J connectivity index is 2.25. The zero-order valence-corrected chi connectivity index (χ0v) is 12.0. The molecule has 2 aromatic rings. The van der Waals surface area contributed by atoms with Crippen molar-refractivity contribution in [2.45, 2.75) is 31.1 Å². The number of rotatable bonds is 4. The highest BCUT2D eigenvalue weighted by Crippen LogP contribution is 2.29. The van der Waals surface area contributed by atoms with Crippen molar-refractivity contribution in [3.05, 3.63) is 39.8 Å². The molecule has 0 aromatic carbocycles. The van der Waals surface area contributed by atoms with Crippen molar-refractivity contribution < 1.29 is 20.1 Å². The van der Waals surface area contributed by atoms with Crippen molar-refractivity contribution in [2.24, 2.45) is 0 Å². The minimum Gasteiger partial charge on any atom is -0.394 e. The fourth-order valence-corrected chi connectivity index (χ4v) is 2.74. The second-order valence-corrected chi connectivity index (χ2v) is 5.18. The van der Waals surface area contributed by atoms with Crippen LogP contribution in [0.3, 0.4) is 0 Å². The number of aliphatic hydroxyl groups is 3. The van der Waals surface area contributed by atoms with Crippen molar-refractivity contribution in [1.29, 1.82) is 0 Å². The number of fused-ring (bicyclic) bond motifs is 1. The fraction of sp³-hybridized carbons (Fsp3) is 0.462. The number of nitrogens with one attached hydrogen (secondary N) is 1. The van der Waals surface area contributed by atoms with Gasteiger partial charge in [0.05, 0.1) is 12.9 Å². The van der Waals surface area contributed by atoms with Crippen LogP contribution >= 0.6 is 0 Å². The van der Waals surface area contributed by atoms with Crippen LogP contribution in [-0.2, 0) is 11.3 Å². The summed E-state index contributed by atoms with van der Waals surface area (Å²) >= 11 is 0. The Morgan fingerprint density at radius 1 is 1.39 bits per heavy atom. The first kappa shape index (κ1) is 15.6. The lowest BCUT2D eigenvalue weighted by atomic mass is 10.1. The normalized spacial score (nSPS) is 27.6. The fourth-order valence-electron chi connectivity index (χ4n) is 2.74. The number of H-pyrrole nitrogens is 1. The molecule has 0 spiro atoms. The summed E-state index contributed by atoms with van der Waals surface area (Å²) in [5.74, 6) is 0. The molecule has 2 aromatic heterocycles. The molecule has 0 unspecified atom stereocenters. The van der Waals surface area contributed by atoms with Gasteiger partial charge in [-0.2, -0.15) is 0 Å². The Kier molecular flexibility index (Phi) is 3.90. The van der Waals surface area contributed by atoms with E-state index in [9.17, 15) is 19.8 Å². The van der Waals surface area contributed by atoms with E-state index < -0.39 is 42.4 Å². The van der Waals surface area contributed by atoms with Crippen LogP contribution in [0.15, 0.2) is 28.6 Å². The van der Waals surface area contributed by atoms with E-state index in [0.29, 0.717) is 0 Å². The number of hydrogen-bond donors (Lipinski definition) is 4. The van der Waals surface area contributed by atoms with Crippen LogP contribution in [0.2, 0.25) is 0 Å². The number of imidazole rings is 1. The van der Waals surface area contributed by atoms with E-state index in [4.69, 9.17) is 9.84 Å². The van der Waals surface area contributed by atoms with Crippen molar-refractivity contribution in [3.8, 4) is 0 Å². The maximum absolute atomic E-state index is 12.6. The van der Waals surface area contributed by atoms with Crippen LogP contribution in [0.4, 0.5) is 0 Å². The van der Waals surface area contributed by atoms with E-state index in [1.807, 2.05) is 0 Å². The summed E-state index contributed by atoms with van der Waals surface area (Å²) in [5, 5.41) is 29.1. The topological polar surface area (TPSA) is 143 Å². The van der Waals surface area contributed by atoms with Gasteiger partial charge in [-0.15, -0.1) is 6.58 Å². The van der Waals surface area contributed by atoms with Gasteiger partial charge in [0.1, 0.15) is 18.3 Å². The SMILES string of the molecule is C=CCn1c(=O)n([C@@H]2O[C@H](CO)[C@@H](O)[C@H]2O)c2nc[nH]c(=O)c21. The lowest BCUT2D eigenvalue weighted by Gasteiger charge is -2.15. The van der Waals surface area contributed by atoms with Crippen molar-refractivity contribution >= 4 is 11.2 Å². The van der Waals surface area contributed by atoms with Gasteiger partial charge in [-0.1, -0.05) is 6.08 Å². The molecule has 4 N–H and O–H groups in total. The number of ether oxygens (including phenoxy) is 1. The maximum atomic E-state index is 12.6. The van der Waals surface area contributed by atoms with Crippen molar-refractivity contribution in [3.63, 3.8) is 0 Å². The van der Waals surface area contributed by atoms with E-state index in [1.165, 1.54) is 6.08 Å². The number of nitrogens with zero attached hydrogens (tertiary/aromatic N) is 3. The number of aliphatic hydroxyl groups excluding tert-OH is 3. The molecule has 0 aliphatic carbocycles. The summed E-state index contributed by atoms with van der Waals surface area (Å²) in [6, 6.07) is 0. The Morgan fingerprint density at radius 2 is 2.13 bits per heavy atom. The van der Waals surface area contributed by atoms with E-state index >= 15 is 0 Å². The Hall–Kier alpha value is -2.27. The second-order valence-electron chi connectivity index (χ2n) is 5.18. The standard InChI is InChI=1S/C13H16N4O6/c1-2-3-16-7-10(14-5-15-11(7)21)17(13(16)22)12-9(20)8(19)6(4-18)23-12/h2,5-6,8-9,12,18-20H,1,3-4H2,(H,14,15,21)/t6-,8-,9-,12-/m1/s1. The summed E-state index contributed by atoms with van der Waals surface area (Å²) in [5.41, 5.74) is -1.15. The molecule has 124 valence electrons. The number of hydrogen-bond acceptors (Lipinski definition) is 7. The van der Waals surface area contributed by atoms with Gasteiger partial charge in [0.25, 0.3) is 5.56 Å². The minimum absolute atomic E-state index is 0.00939. The van der Waals surface area contributed by atoms with Crippen LogP contribution in [0, 0.1) is 0 Å². The van der Waals surface area contributed by atoms with Gasteiger partial charge >= 0.3 is 5.69 Å². The zero-order valence-electron chi connectivity index (χ0n) is 12.0. The third-order valence-corrected chi connectivity index (χ3v) is 3.83. The Bertz CT molecular complexity index is 852. The molecule has 0 saturated carbocycles. The molecular weight excluding hydrogens is 308 g/mol. The predicted octanol–water partition coefficient (Wildman–Crippen LogP) is -2.32. The highest BCUT2D eigenvalue weighted by molar-refractivity contribution is 5.70. The first-order valence-corrected chi connectivity index (χ1v) is 6.93. The molecule has 4 atom stereocenters. The second kappa shape index (κ2) is 5.74. The summed E-state index contributed by atoms with van der Waals surface area (Å²) in [7, 11) is 0. The molecule has 1 aliphatic heterocycles. The van der Waals surface area contributed by atoms with Gasteiger partial charge in [-0.25, -0.2) is 14.3 Å². The van der Waals surface area contributed by atoms with E-state index in [2.05, 4.69) is 16.5 Å². The minimum atomic E-state index is -1.45. The Labute approximate surface area is 128 Å². The molecule has 1 saturated heterocycles. The first-order chi connectivity index (χ1) is 11.0. The highest BCUT2D eigenvalue weighted by atomic mass is 16.6. The number of allylic oxidation sites excluding steroid dienone is 1. The lowest BCUT2D eigenvalue weighted by molar-refractivity contribution is -0.0527. The monoisotopic (exact) mass is 324 g/mol. The van der Waals surface area contributed by atoms with Gasteiger partial charge in [0.2, 0.25) is 0 Å². The summed E-state index contributed by atoms with van der Waals surface area (Å²) < 4.78 is 7.50. The van der Waals surface area contributed by atoms with Crippen molar-refractivity contribution in [1.82, 2.24) is 19.1 Å². The predicted molar refractivity (Wildman–Crippen MR) is 77.8 cm³/mol. The molecule has 23 heavy (non-hydrogen) atoms. The van der Waals surface area contributed by atoms with Crippen LogP contribution in [0.25, 0.3) is 11.2 Å². The number of aromatic nitrogens is 4. The summed E-state index contributed by atoms with van der Waals surface area (Å²) in [4.78, 5) is 31.0. The smallest absolute Gasteiger partial charge is 0.333 e.